The fraction of sp³-hybridized carbons (Fsp3) is 0.360. The highest BCUT2D eigenvalue weighted by atomic mass is 16.1. The average Bonchev–Trinajstić information content (AvgIpc) is 3.62. The molecule has 5 nitrogen and oxygen atoms in total. The molecule has 1 saturated carbocycles. The molecular weight excluding hydrogens is 372 g/mol. The molecule has 0 unspecified atom stereocenters. The fourth-order valence-corrected chi connectivity index (χ4v) is 4.13. The highest BCUT2D eigenvalue weighted by molar-refractivity contribution is 6.07. The fourth-order valence-electron chi connectivity index (χ4n) is 4.13. The maximum atomic E-state index is 12.9. The van der Waals surface area contributed by atoms with Gasteiger partial charge in [-0.2, -0.15) is 0 Å². The van der Waals surface area contributed by atoms with E-state index in [1.165, 1.54) is 5.56 Å². The summed E-state index contributed by atoms with van der Waals surface area (Å²) in [7, 11) is 0. The third kappa shape index (κ3) is 4.31. The van der Waals surface area contributed by atoms with Crippen molar-refractivity contribution in [3.8, 4) is 0 Å². The van der Waals surface area contributed by atoms with Crippen LogP contribution in [0.2, 0.25) is 0 Å². The lowest BCUT2D eigenvalue weighted by Crippen LogP contribution is -2.47. The molecule has 2 heterocycles. The lowest BCUT2D eigenvalue weighted by molar-refractivity contribution is 0.0952. The van der Waals surface area contributed by atoms with Crippen molar-refractivity contribution in [1.29, 1.82) is 0 Å². The van der Waals surface area contributed by atoms with Crippen LogP contribution >= 0.6 is 0 Å². The van der Waals surface area contributed by atoms with E-state index in [9.17, 15) is 4.79 Å². The van der Waals surface area contributed by atoms with Crippen molar-refractivity contribution < 1.29 is 4.79 Å². The minimum atomic E-state index is 0.0267. The normalized spacial score (nSPS) is 17.3. The van der Waals surface area contributed by atoms with Gasteiger partial charge in [-0.05, 0) is 37.0 Å². The summed E-state index contributed by atoms with van der Waals surface area (Å²) in [5, 5.41) is 4.07. The maximum absolute atomic E-state index is 12.9. The number of nitrogens with one attached hydrogen (secondary N) is 1. The summed E-state index contributed by atoms with van der Waals surface area (Å²) in [6, 6.07) is 21.0. The third-order valence-electron chi connectivity index (χ3n) is 6.12. The number of carbonyl (C=O) groups is 1. The first kappa shape index (κ1) is 19.1. The second kappa shape index (κ2) is 8.44. The molecule has 1 aliphatic heterocycles. The van der Waals surface area contributed by atoms with Gasteiger partial charge in [0.2, 0.25) is 0 Å². The first-order valence-corrected chi connectivity index (χ1v) is 11.0. The van der Waals surface area contributed by atoms with E-state index in [2.05, 4.69) is 45.4 Å². The molecule has 154 valence electrons. The number of hydrogen-bond donors (Lipinski definition) is 1. The van der Waals surface area contributed by atoms with Crippen molar-refractivity contribution in [2.75, 3.05) is 37.6 Å². The second-order valence-corrected chi connectivity index (χ2v) is 8.36. The van der Waals surface area contributed by atoms with Gasteiger partial charge in [0, 0.05) is 44.2 Å². The van der Waals surface area contributed by atoms with Gasteiger partial charge in [0.15, 0.2) is 0 Å². The standard InChI is InChI=1S/C25H28N4O/c30-25(26-20-10-11-20)22-18-24(27-23-9-5-4-8-21(22)23)29-16-14-28(15-17-29)13-12-19-6-2-1-3-7-19/h1-9,18,20H,10-17H2,(H,26,30). The van der Waals surface area contributed by atoms with Crippen LogP contribution < -0.4 is 10.2 Å². The number of nitrogens with zero attached hydrogens (tertiary/aromatic N) is 3. The summed E-state index contributed by atoms with van der Waals surface area (Å²) in [4.78, 5) is 22.6. The van der Waals surface area contributed by atoms with Crippen LogP contribution in [0.5, 0.6) is 0 Å². The van der Waals surface area contributed by atoms with Gasteiger partial charge in [-0.15, -0.1) is 0 Å². The van der Waals surface area contributed by atoms with Crippen molar-refractivity contribution in [2.24, 2.45) is 0 Å². The summed E-state index contributed by atoms with van der Waals surface area (Å²) < 4.78 is 0. The molecule has 1 aliphatic carbocycles. The topological polar surface area (TPSA) is 48.5 Å². The van der Waals surface area contributed by atoms with E-state index in [-0.39, 0.29) is 5.91 Å². The van der Waals surface area contributed by atoms with Crippen LogP contribution in [0.4, 0.5) is 5.82 Å². The molecule has 1 saturated heterocycles. The largest absolute Gasteiger partial charge is 0.354 e. The Labute approximate surface area is 177 Å². The molecule has 5 rings (SSSR count). The molecule has 0 spiro atoms. The molecule has 2 aliphatic rings. The monoisotopic (exact) mass is 400 g/mol. The number of anilines is 1. The van der Waals surface area contributed by atoms with E-state index in [1.807, 2.05) is 30.3 Å². The SMILES string of the molecule is O=C(NC1CC1)c1cc(N2CCN(CCc3ccccc3)CC2)nc2ccccc12. The number of para-hydroxylation sites is 1. The van der Waals surface area contributed by atoms with E-state index >= 15 is 0 Å². The maximum Gasteiger partial charge on any atom is 0.252 e. The predicted molar refractivity (Wildman–Crippen MR) is 121 cm³/mol. The zero-order chi connectivity index (χ0) is 20.3. The van der Waals surface area contributed by atoms with Gasteiger partial charge < -0.3 is 10.2 Å². The zero-order valence-corrected chi connectivity index (χ0v) is 17.3. The number of amides is 1. The number of hydrogen-bond acceptors (Lipinski definition) is 4. The molecule has 0 bridgehead atoms. The number of benzene rings is 2. The van der Waals surface area contributed by atoms with Gasteiger partial charge >= 0.3 is 0 Å². The Morgan fingerprint density at radius 1 is 0.967 bits per heavy atom. The minimum Gasteiger partial charge on any atom is -0.354 e. The van der Waals surface area contributed by atoms with Gasteiger partial charge in [-0.3, -0.25) is 9.69 Å². The van der Waals surface area contributed by atoms with Crippen molar-refractivity contribution in [3.05, 3.63) is 71.8 Å². The van der Waals surface area contributed by atoms with Crippen LogP contribution in [0.1, 0.15) is 28.8 Å². The van der Waals surface area contributed by atoms with Gasteiger partial charge in [0.25, 0.3) is 5.91 Å². The number of carbonyl (C=O) groups excluding carboxylic acids is 1. The number of rotatable bonds is 6. The van der Waals surface area contributed by atoms with Crippen LogP contribution in [-0.2, 0) is 6.42 Å². The Balaban J connectivity index is 1.28. The molecule has 3 aromatic rings. The summed E-state index contributed by atoms with van der Waals surface area (Å²) in [6.07, 6.45) is 3.26. The lowest BCUT2D eigenvalue weighted by atomic mass is 10.1. The van der Waals surface area contributed by atoms with Crippen LogP contribution in [0.25, 0.3) is 10.9 Å². The van der Waals surface area contributed by atoms with E-state index < -0.39 is 0 Å². The van der Waals surface area contributed by atoms with E-state index in [0.717, 1.165) is 74.3 Å². The Hall–Kier alpha value is -2.92. The molecule has 2 aromatic carbocycles. The highest BCUT2D eigenvalue weighted by Crippen LogP contribution is 2.26. The highest BCUT2D eigenvalue weighted by Gasteiger charge is 2.26. The van der Waals surface area contributed by atoms with Gasteiger partial charge in [0.05, 0.1) is 11.1 Å². The third-order valence-corrected chi connectivity index (χ3v) is 6.12. The number of fused-ring (bicyclic) bond motifs is 1. The molecule has 5 heteroatoms. The first-order chi connectivity index (χ1) is 14.8. The predicted octanol–water partition coefficient (Wildman–Crippen LogP) is 3.49. The number of pyridine rings is 1. The van der Waals surface area contributed by atoms with E-state index in [0.29, 0.717) is 6.04 Å². The molecule has 2 fully saturated rings. The first-order valence-electron chi connectivity index (χ1n) is 11.0. The Morgan fingerprint density at radius 2 is 1.70 bits per heavy atom. The summed E-state index contributed by atoms with van der Waals surface area (Å²) >= 11 is 0. The van der Waals surface area contributed by atoms with Crippen molar-refractivity contribution in [3.63, 3.8) is 0 Å². The number of piperazine rings is 1. The minimum absolute atomic E-state index is 0.0267. The molecule has 30 heavy (non-hydrogen) atoms. The number of aromatic nitrogens is 1. The van der Waals surface area contributed by atoms with Crippen LogP contribution in [0.3, 0.4) is 0 Å². The van der Waals surface area contributed by atoms with Crippen LogP contribution in [-0.4, -0.2) is 54.6 Å². The van der Waals surface area contributed by atoms with Gasteiger partial charge in [-0.1, -0.05) is 48.5 Å². The Bertz CT molecular complexity index is 1020. The molecule has 1 amide bonds. The van der Waals surface area contributed by atoms with Crippen LogP contribution in [0.15, 0.2) is 60.7 Å². The summed E-state index contributed by atoms with van der Waals surface area (Å²) in [5.74, 6) is 0.941. The molecule has 1 N–H and O–H groups in total. The van der Waals surface area contributed by atoms with Gasteiger partial charge in [0.1, 0.15) is 5.82 Å². The molecule has 0 radical (unpaired) electrons. The summed E-state index contributed by atoms with van der Waals surface area (Å²) in [6.45, 7) is 4.99. The van der Waals surface area contributed by atoms with Crippen molar-refractivity contribution in [1.82, 2.24) is 15.2 Å². The second-order valence-electron chi connectivity index (χ2n) is 8.36. The summed E-state index contributed by atoms with van der Waals surface area (Å²) in [5.41, 5.74) is 3.03. The van der Waals surface area contributed by atoms with Gasteiger partial charge in [-0.25, -0.2) is 4.98 Å². The smallest absolute Gasteiger partial charge is 0.252 e. The molecule has 1 aromatic heterocycles. The molecule has 0 atom stereocenters. The van der Waals surface area contributed by atoms with Crippen molar-refractivity contribution >= 4 is 22.6 Å². The van der Waals surface area contributed by atoms with E-state index in [4.69, 9.17) is 4.98 Å². The quantitative estimate of drug-likeness (QED) is 0.688. The van der Waals surface area contributed by atoms with Crippen molar-refractivity contribution in [2.45, 2.75) is 25.3 Å². The molecular formula is C25H28N4O. The Morgan fingerprint density at radius 3 is 2.47 bits per heavy atom. The lowest BCUT2D eigenvalue weighted by Gasteiger charge is -2.35. The Kier molecular flexibility index (Phi) is 5.37. The van der Waals surface area contributed by atoms with E-state index in [1.54, 1.807) is 0 Å². The zero-order valence-electron chi connectivity index (χ0n) is 17.3. The average molecular weight is 401 g/mol. The van der Waals surface area contributed by atoms with Crippen LogP contribution in [0, 0.1) is 0 Å².